The molecule has 0 unspecified atom stereocenters. The number of carbonyl (C=O) groups excluding carboxylic acids is 2. The zero-order valence-electron chi connectivity index (χ0n) is 17.3. The molecular formula is C22H28FN3O3Se. The molecular weight excluding hydrogens is 452 g/mol. The van der Waals surface area contributed by atoms with E-state index in [4.69, 9.17) is 4.74 Å². The van der Waals surface area contributed by atoms with Crippen molar-refractivity contribution in [3.63, 3.8) is 0 Å². The van der Waals surface area contributed by atoms with E-state index >= 15 is 0 Å². The molecule has 0 fully saturated rings. The minimum absolute atomic E-state index is 0.0350. The number of anilines is 1. The van der Waals surface area contributed by atoms with E-state index in [1.807, 2.05) is 18.2 Å². The second-order valence-electron chi connectivity index (χ2n) is 7.01. The average Bonchev–Trinajstić information content (AvgIpc) is 3.30. The minimum atomic E-state index is -0.625. The summed E-state index contributed by atoms with van der Waals surface area (Å²) in [6.45, 7) is 8.02. The number of rotatable bonds is 10. The van der Waals surface area contributed by atoms with Gasteiger partial charge in [-0.05, 0) is 0 Å². The predicted molar refractivity (Wildman–Crippen MR) is 119 cm³/mol. The van der Waals surface area contributed by atoms with Gasteiger partial charge in [-0.1, -0.05) is 0 Å². The van der Waals surface area contributed by atoms with Gasteiger partial charge in [0.15, 0.2) is 0 Å². The number of benzene rings is 1. The Hall–Kier alpha value is -2.25. The summed E-state index contributed by atoms with van der Waals surface area (Å²) in [4.78, 5) is 26.4. The van der Waals surface area contributed by atoms with Crippen LogP contribution in [0.2, 0.25) is 0 Å². The molecule has 0 saturated carbocycles. The Morgan fingerprint density at radius 2 is 2.10 bits per heavy atom. The fraction of sp³-hybridized carbons (Fsp3) is 0.364. The Balaban J connectivity index is 1.42. The standard InChI is InChI=1S/C22H28FN3O3Se/c1-3-26(4-2)10-9-24-21(27)14-29-13-17-7-6-16(30-17)12-19-18-11-15(23)5-8-20(18)25-22(19)28/h5-8,11-12H,3-4,9-10,13-14,30H2,1-2H3,(H,24,27)(H,25,28)/b19-12-. The molecule has 0 spiro atoms. The van der Waals surface area contributed by atoms with Crippen molar-refractivity contribution in [3.8, 4) is 0 Å². The van der Waals surface area contributed by atoms with Crippen LogP contribution < -0.4 is 10.6 Å². The first kappa shape index (κ1) is 22.4. The van der Waals surface area contributed by atoms with Gasteiger partial charge in [-0.2, -0.15) is 0 Å². The number of ether oxygens (including phenoxy) is 1. The van der Waals surface area contributed by atoms with Crippen molar-refractivity contribution in [2.45, 2.75) is 13.8 Å². The summed E-state index contributed by atoms with van der Waals surface area (Å²) in [5.41, 5.74) is 1.72. The van der Waals surface area contributed by atoms with Crippen molar-refractivity contribution in [3.05, 3.63) is 56.8 Å². The Morgan fingerprint density at radius 3 is 2.87 bits per heavy atom. The number of amides is 2. The van der Waals surface area contributed by atoms with E-state index in [2.05, 4.69) is 29.4 Å². The molecule has 30 heavy (non-hydrogen) atoms. The van der Waals surface area contributed by atoms with Gasteiger partial charge in [0.25, 0.3) is 0 Å². The number of hydrogen-bond acceptors (Lipinski definition) is 4. The van der Waals surface area contributed by atoms with Crippen LogP contribution in [-0.4, -0.2) is 71.1 Å². The summed E-state index contributed by atoms with van der Waals surface area (Å²) < 4.78 is 21.3. The zero-order valence-corrected chi connectivity index (χ0v) is 19.4. The van der Waals surface area contributed by atoms with Crippen LogP contribution in [0.1, 0.15) is 19.4 Å². The second kappa shape index (κ2) is 10.7. The molecule has 2 heterocycles. The normalized spacial score (nSPS) is 17.9. The first-order chi connectivity index (χ1) is 14.5. The fourth-order valence-electron chi connectivity index (χ4n) is 3.28. The number of nitrogens with one attached hydrogen (secondary N) is 2. The van der Waals surface area contributed by atoms with Crippen molar-refractivity contribution in [2.24, 2.45) is 0 Å². The van der Waals surface area contributed by atoms with Crippen LogP contribution in [0, 0.1) is 5.82 Å². The molecule has 8 heteroatoms. The van der Waals surface area contributed by atoms with E-state index in [1.165, 1.54) is 12.1 Å². The number of nitrogens with zero attached hydrogens (tertiary/aromatic N) is 1. The summed E-state index contributed by atoms with van der Waals surface area (Å²) in [6, 6.07) is 4.29. The van der Waals surface area contributed by atoms with Gasteiger partial charge in [-0.25, -0.2) is 0 Å². The number of carbonyl (C=O) groups is 2. The van der Waals surface area contributed by atoms with E-state index in [0.29, 0.717) is 30.0 Å². The van der Waals surface area contributed by atoms with Crippen LogP contribution in [0.15, 0.2) is 45.4 Å². The Labute approximate surface area is 182 Å². The van der Waals surface area contributed by atoms with Crippen molar-refractivity contribution in [2.75, 3.05) is 44.7 Å². The third-order valence-corrected chi connectivity index (χ3v) is 7.55. The monoisotopic (exact) mass is 481 g/mol. The third kappa shape index (κ3) is 5.89. The van der Waals surface area contributed by atoms with Crippen LogP contribution in [0.4, 0.5) is 10.1 Å². The van der Waals surface area contributed by atoms with E-state index in [1.54, 1.807) is 6.07 Å². The summed E-state index contributed by atoms with van der Waals surface area (Å²) in [5.74, 6) is -0.693. The number of allylic oxidation sites excluding steroid dienone is 4. The van der Waals surface area contributed by atoms with Crippen molar-refractivity contribution in [1.29, 1.82) is 0 Å². The van der Waals surface area contributed by atoms with Gasteiger partial charge in [-0.15, -0.1) is 0 Å². The predicted octanol–water partition coefficient (Wildman–Crippen LogP) is 1.59. The summed E-state index contributed by atoms with van der Waals surface area (Å²) in [5, 5.41) is 5.63. The van der Waals surface area contributed by atoms with E-state index in [9.17, 15) is 14.0 Å². The number of hydrogen-bond donors (Lipinski definition) is 2. The van der Waals surface area contributed by atoms with Gasteiger partial charge in [0.05, 0.1) is 0 Å². The van der Waals surface area contributed by atoms with Crippen LogP contribution >= 0.6 is 0 Å². The molecule has 6 nitrogen and oxygen atoms in total. The average molecular weight is 480 g/mol. The Morgan fingerprint density at radius 1 is 1.30 bits per heavy atom. The third-order valence-electron chi connectivity index (χ3n) is 4.97. The summed E-state index contributed by atoms with van der Waals surface area (Å²) >= 11 is -0.625. The summed E-state index contributed by atoms with van der Waals surface area (Å²) in [6.07, 6.45) is 5.80. The maximum atomic E-state index is 13.6. The van der Waals surface area contributed by atoms with E-state index in [-0.39, 0.29) is 24.2 Å². The molecule has 2 aliphatic heterocycles. The molecule has 1 aromatic rings. The van der Waals surface area contributed by atoms with Crippen LogP contribution in [0.3, 0.4) is 0 Å². The topological polar surface area (TPSA) is 70.7 Å². The molecule has 0 aromatic heterocycles. The molecule has 0 aliphatic carbocycles. The van der Waals surface area contributed by atoms with Gasteiger partial charge in [0, 0.05) is 0 Å². The summed E-state index contributed by atoms with van der Waals surface area (Å²) in [7, 11) is 0. The molecule has 0 bridgehead atoms. The van der Waals surface area contributed by atoms with Crippen LogP contribution in [0.5, 0.6) is 0 Å². The van der Waals surface area contributed by atoms with E-state index in [0.717, 1.165) is 28.6 Å². The Kier molecular flexibility index (Phi) is 7.99. The van der Waals surface area contributed by atoms with Crippen molar-refractivity contribution < 1.29 is 18.7 Å². The van der Waals surface area contributed by atoms with Crippen LogP contribution in [-0.2, 0) is 14.3 Å². The molecule has 2 N–H and O–H groups in total. The molecule has 2 amide bonds. The van der Waals surface area contributed by atoms with Gasteiger partial charge in [0.1, 0.15) is 0 Å². The molecule has 0 radical (unpaired) electrons. The van der Waals surface area contributed by atoms with Gasteiger partial charge >= 0.3 is 182 Å². The second-order valence-corrected chi connectivity index (χ2v) is 10.1. The number of fused-ring (bicyclic) bond motifs is 1. The quantitative estimate of drug-likeness (QED) is 0.394. The molecule has 0 saturated heterocycles. The molecule has 1 aromatic carbocycles. The fourth-order valence-corrected chi connectivity index (χ4v) is 5.58. The van der Waals surface area contributed by atoms with Crippen LogP contribution in [0.25, 0.3) is 5.57 Å². The molecule has 3 rings (SSSR count). The molecule has 162 valence electrons. The first-order valence-corrected chi connectivity index (χ1v) is 12.2. The van der Waals surface area contributed by atoms with E-state index < -0.39 is 15.0 Å². The van der Waals surface area contributed by atoms with Crippen molar-refractivity contribution in [1.82, 2.24) is 10.2 Å². The van der Waals surface area contributed by atoms with Crippen molar-refractivity contribution >= 4 is 38.0 Å². The number of halogens is 1. The first-order valence-electron chi connectivity index (χ1n) is 10.1. The molecule has 2 aliphatic rings. The SMILES string of the molecule is CCN(CC)CCNC(=O)COCC1=CC=C(/C=C2\C(=O)Nc3ccc(F)cc32)[SeH2]1. The maximum absolute atomic E-state index is 13.6. The van der Waals surface area contributed by atoms with Gasteiger partial charge < -0.3 is 0 Å². The zero-order chi connectivity index (χ0) is 21.5. The van der Waals surface area contributed by atoms with Gasteiger partial charge in [0.2, 0.25) is 0 Å². The number of likely N-dealkylation sites (N-methyl/N-ethyl adjacent to an activating group) is 1. The Bertz CT molecular complexity index is 907. The van der Waals surface area contributed by atoms with Gasteiger partial charge in [-0.3, -0.25) is 0 Å². The molecule has 0 atom stereocenters.